The van der Waals surface area contributed by atoms with Crippen LogP contribution in [-0.2, 0) is 9.59 Å². The van der Waals surface area contributed by atoms with E-state index >= 15 is 0 Å². The van der Waals surface area contributed by atoms with E-state index < -0.39 is 17.9 Å². The number of nitrogens with zero attached hydrogens (tertiary/aromatic N) is 1. The molecule has 1 aliphatic rings. The van der Waals surface area contributed by atoms with Crippen molar-refractivity contribution in [3.8, 4) is 5.75 Å². The van der Waals surface area contributed by atoms with Crippen LogP contribution >= 0.6 is 24.0 Å². The number of hydrogen-bond donors (Lipinski definition) is 2. The van der Waals surface area contributed by atoms with Crippen molar-refractivity contribution in [2.75, 3.05) is 0 Å². The van der Waals surface area contributed by atoms with Crippen LogP contribution < -0.4 is 0 Å². The van der Waals surface area contributed by atoms with Crippen molar-refractivity contribution in [2.24, 2.45) is 5.92 Å². The Kier molecular flexibility index (Phi) is 4.87. The van der Waals surface area contributed by atoms with E-state index in [1.807, 2.05) is 0 Å². The second-order valence-electron chi connectivity index (χ2n) is 5.17. The van der Waals surface area contributed by atoms with Crippen molar-refractivity contribution >= 4 is 46.3 Å². The maximum atomic E-state index is 12.5. The van der Waals surface area contributed by atoms with Crippen LogP contribution in [0, 0.1) is 5.92 Å². The summed E-state index contributed by atoms with van der Waals surface area (Å²) in [5.74, 6) is -1.59. The standard InChI is InChI=1S/C15H15NO4S2/c1-8(2)12(14(19)20)16-13(18)11(22-15(16)21)7-9-3-5-10(17)6-4-9/h3-8,12,17H,1-2H3,(H,19,20)/b11-7+/t12-/m1/s1. The van der Waals surface area contributed by atoms with Gasteiger partial charge in [0.25, 0.3) is 5.91 Å². The van der Waals surface area contributed by atoms with Gasteiger partial charge in [0.05, 0.1) is 4.91 Å². The lowest BCUT2D eigenvalue weighted by Gasteiger charge is -2.26. The molecule has 0 bridgehead atoms. The average Bonchev–Trinajstić information content (AvgIpc) is 2.69. The molecule has 7 heteroatoms. The van der Waals surface area contributed by atoms with Crippen molar-refractivity contribution in [1.82, 2.24) is 4.90 Å². The van der Waals surface area contributed by atoms with Gasteiger partial charge in [-0.05, 0) is 29.7 Å². The summed E-state index contributed by atoms with van der Waals surface area (Å²) in [5, 5.41) is 18.6. The highest BCUT2D eigenvalue weighted by Gasteiger charge is 2.41. The highest BCUT2D eigenvalue weighted by molar-refractivity contribution is 8.26. The maximum Gasteiger partial charge on any atom is 0.327 e. The minimum atomic E-state index is -1.07. The zero-order chi connectivity index (χ0) is 16.4. The number of rotatable bonds is 4. The number of hydrogen-bond acceptors (Lipinski definition) is 5. The summed E-state index contributed by atoms with van der Waals surface area (Å²) in [6.45, 7) is 3.47. The predicted molar refractivity (Wildman–Crippen MR) is 89.4 cm³/mol. The quantitative estimate of drug-likeness (QED) is 0.650. The Hall–Kier alpha value is -1.86. The molecule has 2 N–H and O–H groups in total. The van der Waals surface area contributed by atoms with Crippen LogP contribution in [0.1, 0.15) is 19.4 Å². The SMILES string of the molecule is CC(C)[C@H](C(=O)O)N1C(=O)/C(=C\c2ccc(O)cc2)SC1=S. The minimum Gasteiger partial charge on any atom is -0.508 e. The van der Waals surface area contributed by atoms with Gasteiger partial charge in [0.1, 0.15) is 16.1 Å². The molecule has 5 nitrogen and oxygen atoms in total. The molecule has 1 saturated heterocycles. The number of carboxylic acid groups (broad SMARTS) is 1. The monoisotopic (exact) mass is 337 g/mol. The van der Waals surface area contributed by atoms with Crippen molar-refractivity contribution in [1.29, 1.82) is 0 Å². The number of carbonyl (C=O) groups is 2. The largest absolute Gasteiger partial charge is 0.508 e. The van der Waals surface area contributed by atoms with Crippen LogP contribution in [0.3, 0.4) is 0 Å². The van der Waals surface area contributed by atoms with Crippen LogP contribution in [0.15, 0.2) is 29.2 Å². The number of thiocarbonyl (C=S) groups is 1. The Morgan fingerprint density at radius 3 is 2.41 bits per heavy atom. The molecule has 1 aromatic rings. The smallest absolute Gasteiger partial charge is 0.327 e. The molecule has 0 saturated carbocycles. The summed E-state index contributed by atoms with van der Waals surface area (Å²) in [7, 11) is 0. The maximum absolute atomic E-state index is 12.5. The number of aromatic hydroxyl groups is 1. The molecule has 1 amide bonds. The van der Waals surface area contributed by atoms with Crippen molar-refractivity contribution in [3.63, 3.8) is 0 Å². The summed E-state index contributed by atoms with van der Waals surface area (Å²) >= 11 is 6.26. The third-order valence-electron chi connectivity index (χ3n) is 3.18. The Balaban J connectivity index is 2.32. The number of carbonyl (C=O) groups excluding carboxylic acids is 1. The molecule has 2 rings (SSSR count). The number of carboxylic acids is 1. The summed E-state index contributed by atoms with van der Waals surface area (Å²) in [6, 6.07) is 5.39. The van der Waals surface area contributed by atoms with E-state index in [1.54, 1.807) is 32.1 Å². The van der Waals surface area contributed by atoms with Gasteiger partial charge in [-0.25, -0.2) is 4.79 Å². The molecule has 0 radical (unpaired) electrons. The molecule has 1 aromatic carbocycles. The molecule has 1 heterocycles. The Morgan fingerprint density at radius 2 is 1.91 bits per heavy atom. The number of benzene rings is 1. The van der Waals surface area contributed by atoms with Gasteiger partial charge in [0.15, 0.2) is 0 Å². The highest BCUT2D eigenvalue weighted by Crippen LogP contribution is 2.35. The van der Waals surface area contributed by atoms with Crippen LogP contribution in [0.2, 0.25) is 0 Å². The lowest BCUT2D eigenvalue weighted by molar-refractivity contribution is -0.146. The highest BCUT2D eigenvalue weighted by atomic mass is 32.2. The number of aliphatic carboxylic acids is 1. The molecule has 1 aliphatic heterocycles. The fourth-order valence-electron chi connectivity index (χ4n) is 2.14. The zero-order valence-corrected chi connectivity index (χ0v) is 13.6. The number of thioether (sulfide) groups is 1. The van der Waals surface area contributed by atoms with E-state index in [-0.39, 0.29) is 16.0 Å². The third-order valence-corrected chi connectivity index (χ3v) is 4.51. The Bertz CT molecular complexity index is 652. The second-order valence-corrected chi connectivity index (χ2v) is 6.85. The molecule has 0 spiro atoms. The minimum absolute atomic E-state index is 0.135. The number of amides is 1. The van der Waals surface area contributed by atoms with Gasteiger partial charge in [-0.15, -0.1) is 0 Å². The fourth-order valence-corrected chi connectivity index (χ4v) is 3.46. The number of phenolic OH excluding ortho intramolecular Hbond substituents is 1. The van der Waals surface area contributed by atoms with E-state index in [2.05, 4.69) is 0 Å². The molecule has 0 aromatic heterocycles. The van der Waals surface area contributed by atoms with E-state index in [0.29, 0.717) is 4.91 Å². The summed E-state index contributed by atoms with van der Waals surface area (Å²) in [5.41, 5.74) is 0.731. The lowest BCUT2D eigenvalue weighted by Crippen LogP contribution is -2.47. The molecule has 22 heavy (non-hydrogen) atoms. The normalized spacial score (nSPS) is 18.3. The van der Waals surface area contributed by atoms with Gasteiger partial charge in [-0.2, -0.15) is 0 Å². The molecule has 1 atom stereocenters. The summed E-state index contributed by atoms with van der Waals surface area (Å²) in [4.78, 5) is 25.4. The zero-order valence-electron chi connectivity index (χ0n) is 12.0. The molecule has 0 unspecified atom stereocenters. The second kappa shape index (κ2) is 6.50. The number of phenols is 1. The van der Waals surface area contributed by atoms with Crippen molar-refractivity contribution < 1.29 is 19.8 Å². The first kappa shape index (κ1) is 16.5. The molecular formula is C15H15NO4S2. The fraction of sp³-hybridized carbons (Fsp3) is 0.267. The van der Waals surface area contributed by atoms with Crippen LogP contribution in [-0.4, -0.2) is 37.4 Å². The first-order chi connectivity index (χ1) is 10.3. The van der Waals surface area contributed by atoms with Gasteiger partial charge in [0.2, 0.25) is 0 Å². The predicted octanol–water partition coefficient (Wildman–Crippen LogP) is 2.70. The lowest BCUT2D eigenvalue weighted by atomic mass is 10.0. The van der Waals surface area contributed by atoms with E-state index in [9.17, 15) is 19.8 Å². The average molecular weight is 337 g/mol. The van der Waals surface area contributed by atoms with Gasteiger partial charge >= 0.3 is 5.97 Å². The summed E-state index contributed by atoms with van der Waals surface area (Å²) in [6.07, 6.45) is 1.64. The van der Waals surface area contributed by atoms with Crippen LogP contribution in [0.25, 0.3) is 6.08 Å². The van der Waals surface area contributed by atoms with Crippen molar-refractivity contribution in [3.05, 3.63) is 34.7 Å². The molecule has 116 valence electrons. The first-order valence-corrected chi connectivity index (χ1v) is 7.82. The van der Waals surface area contributed by atoms with E-state index in [1.165, 1.54) is 17.0 Å². The molecular weight excluding hydrogens is 322 g/mol. The van der Waals surface area contributed by atoms with Crippen molar-refractivity contribution in [2.45, 2.75) is 19.9 Å². The van der Waals surface area contributed by atoms with Gasteiger partial charge in [-0.3, -0.25) is 9.69 Å². The Morgan fingerprint density at radius 1 is 1.32 bits per heavy atom. The van der Waals surface area contributed by atoms with Gasteiger partial charge in [-0.1, -0.05) is 50.0 Å². The van der Waals surface area contributed by atoms with Crippen LogP contribution in [0.5, 0.6) is 5.75 Å². The van der Waals surface area contributed by atoms with Gasteiger partial charge in [0, 0.05) is 0 Å². The van der Waals surface area contributed by atoms with E-state index in [0.717, 1.165) is 17.3 Å². The Labute approximate surface area is 137 Å². The summed E-state index contributed by atoms with van der Waals surface area (Å²) < 4.78 is 0.246. The molecule has 0 aliphatic carbocycles. The first-order valence-electron chi connectivity index (χ1n) is 6.60. The molecule has 1 fully saturated rings. The third kappa shape index (κ3) is 3.31. The van der Waals surface area contributed by atoms with Gasteiger partial charge < -0.3 is 10.2 Å². The van der Waals surface area contributed by atoms with E-state index in [4.69, 9.17) is 12.2 Å². The topological polar surface area (TPSA) is 77.8 Å². The van der Waals surface area contributed by atoms with Crippen LogP contribution in [0.4, 0.5) is 0 Å².